The second-order valence-corrected chi connectivity index (χ2v) is 2.58. The average molecular weight is 194 g/mol. The molecular formula is C10H10O4. The van der Waals surface area contributed by atoms with Gasteiger partial charge in [0.05, 0.1) is 0 Å². The molecule has 0 saturated heterocycles. The number of rotatable bonds is 6. The third-order valence-electron chi connectivity index (χ3n) is 1.73. The van der Waals surface area contributed by atoms with Crippen LogP contribution in [0.5, 0.6) is 0 Å². The summed E-state index contributed by atoms with van der Waals surface area (Å²) in [4.78, 5) is 20.0. The van der Waals surface area contributed by atoms with Gasteiger partial charge in [-0.1, -0.05) is 24.3 Å². The Hall–Kier alpha value is -1.84. The van der Waals surface area contributed by atoms with Gasteiger partial charge in [0.15, 0.2) is 0 Å². The first-order valence-corrected chi connectivity index (χ1v) is 4.05. The van der Waals surface area contributed by atoms with Crippen LogP contribution in [0.4, 0.5) is 0 Å². The van der Waals surface area contributed by atoms with E-state index in [4.69, 9.17) is 0 Å². The molecule has 0 bridgehead atoms. The van der Waals surface area contributed by atoms with Gasteiger partial charge in [0.1, 0.15) is 13.2 Å². The molecule has 0 N–H and O–H groups in total. The maximum Gasteiger partial charge on any atom is 0.293 e. The maximum atomic E-state index is 9.99. The van der Waals surface area contributed by atoms with Crippen LogP contribution < -0.4 is 0 Å². The van der Waals surface area contributed by atoms with E-state index in [0.717, 1.165) is 11.1 Å². The monoisotopic (exact) mass is 194 g/mol. The fourth-order valence-corrected chi connectivity index (χ4v) is 1.09. The highest BCUT2D eigenvalue weighted by atomic mass is 16.5. The predicted molar refractivity (Wildman–Crippen MR) is 48.1 cm³/mol. The quantitative estimate of drug-likeness (QED) is 0.635. The standard InChI is InChI=1S/C10H10O4/c11-7-13-5-9-3-1-2-4-10(9)6-14-8-12/h1-4,7-8H,5-6H2. The highest BCUT2D eigenvalue weighted by Crippen LogP contribution is 2.10. The predicted octanol–water partition coefficient (Wildman–Crippen LogP) is 1.03. The number of carbonyl (C=O) groups excluding carboxylic acids is 2. The molecule has 4 nitrogen and oxygen atoms in total. The van der Waals surface area contributed by atoms with Gasteiger partial charge in [0, 0.05) is 0 Å². The molecule has 0 unspecified atom stereocenters. The van der Waals surface area contributed by atoms with E-state index in [2.05, 4.69) is 9.47 Å². The zero-order chi connectivity index (χ0) is 10.2. The Bertz CT molecular complexity index is 278. The molecule has 0 spiro atoms. The molecule has 0 aliphatic heterocycles. The molecule has 1 aromatic rings. The van der Waals surface area contributed by atoms with E-state index in [1.54, 1.807) is 0 Å². The minimum atomic E-state index is 0.196. The molecule has 74 valence electrons. The van der Waals surface area contributed by atoms with Crippen molar-refractivity contribution in [3.63, 3.8) is 0 Å². The van der Waals surface area contributed by atoms with Crippen LogP contribution in [0.15, 0.2) is 24.3 Å². The zero-order valence-electron chi connectivity index (χ0n) is 7.51. The van der Waals surface area contributed by atoms with Crippen LogP contribution >= 0.6 is 0 Å². The number of ether oxygens (including phenoxy) is 2. The topological polar surface area (TPSA) is 52.6 Å². The van der Waals surface area contributed by atoms with Gasteiger partial charge in [0.2, 0.25) is 0 Å². The van der Waals surface area contributed by atoms with Crippen molar-refractivity contribution in [1.82, 2.24) is 0 Å². The molecule has 0 amide bonds. The molecule has 0 atom stereocenters. The van der Waals surface area contributed by atoms with Gasteiger partial charge in [0.25, 0.3) is 12.9 Å². The molecule has 0 aliphatic rings. The lowest BCUT2D eigenvalue weighted by atomic mass is 10.1. The molecule has 0 aromatic heterocycles. The highest BCUT2D eigenvalue weighted by Gasteiger charge is 2.01. The van der Waals surface area contributed by atoms with Gasteiger partial charge in [-0.15, -0.1) is 0 Å². The van der Waals surface area contributed by atoms with E-state index in [9.17, 15) is 9.59 Å². The number of hydrogen-bond acceptors (Lipinski definition) is 4. The van der Waals surface area contributed by atoms with Gasteiger partial charge in [-0.3, -0.25) is 9.59 Å². The van der Waals surface area contributed by atoms with Gasteiger partial charge in [-0.2, -0.15) is 0 Å². The van der Waals surface area contributed by atoms with Crippen molar-refractivity contribution in [2.24, 2.45) is 0 Å². The van der Waals surface area contributed by atoms with Crippen LogP contribution in [-0.2, 0) is 32.3 Å². The summed E-state index contributed by atoms with van der Waals surface area (Å²) in [5, 5.41) is 0. The fourth-order valence-electron chi connectivity index (χ4n) is 1.09. The minimum Gasteiger partial charge on any atom is -0.463 e. The number of benzene rings is 1. The SMILES string of the molecule is O=COCc1ccccc1COC=O. The van der Waals surface area contributed by atoms with Crippen molar-refractivity contribution in [2.45, 2.75) is 13.2 Å². The van der Waals surface area contributed by atoms with Gasteiger partial charge in [-0.25, -0.2) is 0 Å². The maximum absolute atomic E-state index is 9.99. The summed E-state index contributed by atoms with van der Waals surface area (Å²) in [5.41, 5.74) is 1.67. The van der Waals surface area contributed by atoms with Crippen molar-refractivity contribution in [3.8, 4) is 0 Å². The van der Waals surface area contributed by atoms with E-state index in [1.165, 1.54) is 0 Å². The molecular weight excluding hydrogens is 184 g/mol. The van der Waals surface area contributed by atoms with E-state index >= 15 is 0 Å². The average Bonchev–Trinajstić information content (AvgIpc) is 2.24. The Labute approximate surface area is 81.4 Å². The lowest BCUT2D eigenvalue weighted by Crippen LogP contribution is -1.98. The summed E-state index contributed by atoms with van der Waals surface area (Å²) < 4.78 is 9.23. The van der Waals surface area contributed by atoms with Crippen LogP contribution in [0.25, 0.3) is 0 Å². The van der Waals surface area contributed by atoms with E-state index in [0.29, 0.717) is 12.9 Å². The molecule has 0 saturated carbocycles. The van der Waals surface area contributed by atoms with Crippen molar-refractivity contribution in [3.05, 3.63) is 35.4 Å². The minimum absolute atomic E-state index is 0.196. The molecule has 14 heavy (non-hydrogen) atoms. The summed E-state index contributed by atoms with van der Waals surface area (Å²) >= 11 is 0. The number of carbonyl (C=O) groups is 2. The smallest absolute Gasteiger partial charge is 0.293 e. The van der Waals surface area contributed by atoms with Crippen LogP contribution in [0, 0.1) is 0 Å². The lowest BCUT2D eigenvalue weighted by Gasteiger charge is -2.06. The third-order valence-corrected chi connectivity index (χ3v) is 1.73. The number of hydrogen-bond donors (Lipinski definition) is 0. The fraction of sp³-hybridized carbons (Fsp3) is 0.200. The first-order valence-electron chi connectivity index (χ1n) is 4.05. The molecule has 0 radical (unpaired) electrons. The highest BCUT2D eigenvalue weighted by molar-refractivity contribution is 5.39. The second kappa shape index (κ2) is 5.75. The summed E-state index contributed by atoms with van der Waals surface area (Å²) in [5.74, 6) is 0. The van der Waals surface area contributed by atoms with Crippen LogP contribution in [0.3, 0.4) is 0 Å². The van der Waals surface area contributed by atoms with Crippen LogP contribution in [-0.4, -0.2) is 12.9 Å². The van der Waals surface area contributed by atoms with Gasteiger partial charge >= 0.3 is 0 Å². The lowest BCUT2D eigenvalue weighted by molar-refractivity contribution is -0.131. The Balaban J connectivity index is 2.68. The molecule has 1 rings (SSSR count). The molecule has 1 aromatic carbocycles. The summed E-state index contributed by atoms with van der Waals surface area (Å²) in [6.45, 7) is 1.17. The summed E-state index contributed by atoms with van der Waals surface area (Å²) in [7, 11) is 0. The van der Waals surface area contributed by atoms with Crippen molar-refractivity contribution >= 4 is 12.9 Å². The zero-order valence-corrected chi connectivity index (χ0v) is 7.51. The first kappa shape index (κ1) is 10.2. The largest absolute Gasteiger partial charge is 0.463 e. The molecule has 0 fully saturated rings. The van der Waals surface area contributed by atoms with Crippen molar-refractivity contribution in [2.75, 3.05) is 0 Å². The Morgan fingerprint density at radius 3 is 1.71 bits per heavy atom. The van der Waals surface area contributed by atoms with Crippen molar-refractivity contribution < 1.29 is 19.1 Å². The Morgan fingerprint density at radius 2 is 1.36 bits per heavy atom. The van der Waals surface area contributed by atoms with Crippen LogP contribution in [0.1, 0.15) is 11.1 Å². The van der Waals surface area contributed by atoms with Crippen LogP contribution in [0.2, 0.25) is 0 Å². The van der Waals surface area contributed by atoms with E-state index in [1.807, 2.05) is 24.3 Å². The first-order chi connectivity index (χ1) is 6.88. The Kier molecular flexibility index (Phi) is 4.20. The molecule has 4 heteroatoms. The third kappa shape index (κ3) is 2.90. The normalized spacial score (nSPS) is 9.14. The van der Waals surface area contributed by atoms with E-state index < -0.39 is 0 Å². The van der Waals surface area contributed by atoms with Crippen molar-refractivity contribution in [1.29, 1.82) is 0 Å². The molecule has 0 aliphatic carbocycles. The molecule has 0 heterocycles. The van der Waals surface area contributed by atoms with E-state index in [-0.39, 0.29) is 13.2 Å². The summed E-state index contributed by atoms with van der Waals surface area (Å²) in [6, 6.07) is 7.28. The van der Waals surface area contributed by atoms with Gasteiger partial charge in [-0.05, 0) is 11.1 Å². The second-order valence-electron chi connectivity index (χ2n) is 2.58. The Morgan fingerprint density at radius 1 is 0.929 bits per heavy atom. The van der Waals surface area contributed by atoms with Gasteiger partial charge < -0.3 is 9.47 Å². The summed E-state index contributed by atoms with van der Waals surface area (Å²) in [6.07, 6.45) is 0.